The van der Waals surface area contributed by atoms with Gasteiger partial charge in [0.2, 0.25) is 11.7 Å². The molecule has 1 aliphatic heterocycles. The van der Waals surface area contributed by atoms with Gasteiger partial charge in [0.1, 0.15) is 6.54 Å². The maximum atomic E-state index is 12.2. The summed E-state index contributed by atoms with van der Waals surface area (Å²) >= 11 is 0. The molecule has 0 saturated carbocycles. The van der Waals surface area contributed by atoms with Gasteiger partial charge in [-0.1, -0.05) is 30.3 Å². The van der Waals surface area contributed by atoms with Crippen LogP contribution >= 0.6 is 12.4 Å². The topological polar surface area (TPSA) is 75.9 Å². The highest BCUT2D eigenvalue weighted by Crippen LogP contribution is 2.11. The minimum absolute atomic E-state index is 0. The fraction of sp³-hybridized carbons (Fsp3) is 0.429. The SMILES string of the molecule is Cl.O=C(Cn1nnc(-c2ccccc2)n1)N1CCCNCC1. The largest absolute Gasteiger partial charge is 0.340 e. The quantitative estimate of drug-likeness (QED) is 0.895. The average Bonchev–Trinajstić information content (AvgIpc) is 2.81. The number of carbonyl (C=O) groups excluding carboxylic acids is 1. The van der Waals surface area contributed by atoms with Crippen molar-refractivity contribution >= 4 is 18.3 Å². The lowest BCUT2D eigenvalue weighted by Gasteiger charge is -2.19. The molecule has 1 saturated heterocycles. The van der Waals surface area contributed by atoms with Gasteiger partial charge in [-0.2, -0.15) is 4.80 Å². The van der Waals surface area contributed by atoms with Gasteiger partial charge in [-0.3, -0.25) is 4.79 Å². The molecule has 1 amide bonds. The van der Waals surface area contributed by atoms with E-state index in [4.69, 9.17) is 0 Å². The summed E-state index contributed by atoms with van der Waals surface area (Å²) in [5.41, 5.74) is 0.898. The van der Waals surface area contributed by atoms with Crippen LogP contribution in [-0.4, -0.2) is 57.2 Å². The van der Waals surface area contributed by atoms with Gasteiger partial charge in [-0.15, -0.1) is 22.6 Å². The molecule has 2 heterocycles. The molecule has 0 radical (unpaired) electrons. The van der Waals surface area contributed by atoms with Crippen LogP contribution in [0.2, 0.25) is 0 Å². The Morgan fingerprint density at radius 1 is 1.18 bits per heavy atom. The summed E-state index contributed by atoms with van der Waals surface area (Å²) in [5.74, 6) is 0.580. The van der Waals surface area contributed by atoms with Crippen molar-refractivity contribution in [3.63, 3.8) is 0 Å². The van der Waals surface area contributed by atoms with Crippen molar-refractivity contribution in [1.82, 2.24) is 30.4 Å². The number of halogens is 1. The molecular weight excluding hydrogens is 304 g/mol. The van der Waals surface area contributed by atoms with Gasteiger partial charge < -0.3 is 10.2 Å². The minimum atomic E-state index is 0. The molecule has 7 nitrogen and oxygen atoms in total. The van der Waals surface area contributed by atoms with Gasteiger partial charge in [0.05, 0.1) is 0 Å². The van der Waals surface area contributed by atoms with Crippen LogP contribution in [0.4, 0.5) is 0 Å². The van der Waals surface area contributed by atoms with Gasteiger partial charge in [0.25, 0.3) is 0 Å². The predicted molar refractivity (Wildman–Crippen MR) is 84.6 cm³/mol. The van der Waals surface area contributed by atoms with Crippen LogP contribution < -0.4 is 5.32 Å². The third kappa shape index (κ3) is 4.02. The lowest BCUT2D eigenvalue weighted by molar-refractivity contribution is -0.132. The molecule has 0 spiro atoms. The summed E-state index contributed by atoms with van der Waals surface area (Å²) in [6.45, 7) is 3.46. The van der Waals surface area contributed by atoms with E-state index in [2.05, 4.69) is 20.7 Å². The fourth-order valence-corrected chi connectivity index (χ4v) is 2.33. The molecular formula is C14H19ClN6O. The van der Waals surface area contributed by atoms with Gasteiger partial charge in [0.15, 0.2) is 0 Å². The van der Waals surface area contributed by atoms with Crippen molar-refractivity contribution in [1.29, 1.82) is 0 Å². The normalized spacial score (nSPS) is 15.0. The highest BCUT2D eigenvalue weighted by Gasteiger charge is 2.17. The van der Waals surface area contributed by atoms with E-state index in [1.165, 1.54) is 4.80 Å². The summed E-state index contributed by atoms with van der Waals surface area (Å²) in [6.07, 6.45) is 0.978. The second-order valence-corrected chi connectivity index (χ2v) is 4.99. The molecule has 1 fully saturated rings. The van der Waals surface area contributed by atoms with E-state index in [0.717, 1.165) is 38.2 Å². The molecule has 0 unspecified atom stereocenters. The molecule has 22 heavy (non-hydrogen) atoms. The van der Waals surface area contributed by atoms with E-state index in [1.54, 1.807) is 0 Å². The Morgan fingerprint density at radius 3 is 2.82 bits per heavy atom. The molecule has 1 N–H and O–H groups in total. The number of nitrogens with one attached hydrogen (secondary N) is 1. The van der Waals surface area contributed by atoms with Crippen molar-refractivity contribution in [3.8, 4) is 11.4 Å². The molecule has 3 rings (SSSR count). The third-order valence-corrected chi connectivity index (χ3v) is 3.45. The molecule has 8 heteroatoms. The van der Waals surface area contributed by atoms with Crippen LogP contribution in [0.3, 0.4) is 0 Å². The van der Waals surface area contributed by atoms with Crippen LogP contribution in [0.25, 0.3) is 11.4 Å². The van der Waals surface area contributed by atoms with E-state index >= 15 is 0 Å². The van der Waals surface area contributed by atoms with Crippen molar-refractivity contribution in [2.75, 3.05) is 26.2 Å². The van der Waals surface area contributed by atoms with E-state index in [0.29, 0.717) is 5.82 Å². The van der Waals surface area contributed by atoms with E-state index in [-0.39, 0.29) is 24.9 Å². The predicted octanol–water partition coefficient (Wildman–Crippen LogP) is 0.584. The highest BCUT2D eigenvalue weighted by molar-refractivity contribution is 5.85. The lowest BCUT2D eigenvalue weighted by Crippen LogP contribution is -2.36. The van der Waals surface area contributed by atoms with Crippen molar-refractivity contribution < 1.29 is 4.79 Å². The number of hydrogen-bond donors (Lipinski definition) is 1. The van der Waals surface area contributed by atoms with Gasteiger partial charge in [-0.05, 0) is 18.2 Å². The Kier molecular flexibility index (Phi) is 5.85. The van der Waals surface area contributed by atoms with Crippen LogP contribution in [0, 0.1) is 0 Å². The fourth-order valence-electron chi connectivity index (χ4n) is 2.33. The van der Waals surface area contributed by atoms with Gasteiger partial charge >= 0.3 is 0 Å². The third-order valence-electron chi connectivity index (χ3n) is 3.45. The highest BCUT2D eigenvalue weighted by atomic mass is 35.5. The summed E-state index contributed by atoms with van der Waals surface area (Å²) in [7, 11) is 0. The zero-order valence-electron chi connectivity index (χ0n) is 12.2. The second-order valence-electron chi connectivity index (χ2n) is 4.99. The molecule has 1 aromatic carbocycles. The van der Waals surface area contributed by atoms with Crippen molar-refractivity contribution in [3.05, 3.63) is 30.3 Å². The number of hydrogen-bond acceptors (Lipinski definition) is 5. The molecule has 0 bridgehead atoms. The lowest BCUT2D eigenvalue weighted by atomic mass is 10.2. The first-order chi connectivity index (χ1) is 10.3. The van der Waals surface area contributed by atoms with Gasteiger partial charge in [-0.25, -0.2) is 0 Å². The Hall–Kier alpha value is -1.99. The number of tetrazole rings is 1. The summed E-state index contributed by atoms with van der Waals surface area (Å²) in [6, 6.07) is 9.62. The van der Waals surface area contributed by atoms with Crippen molar-refractivity contribution in [2.45, 2.75) is 13.0 Å². The molecule has 118 valence electrons. The van der Waals surface area contributed by atoms with Crippen LogP contribution in [-0.2, 0) is 11.3 Å². The number of nitrogens with zero attached hydrogens (tertiary/aromatic N) is 5. The number of carbonyl (C=O) groups is 1. The maximum absolute atomic E-state index is 12.2. The van der Waals surface area contributed by atoms with Crippen LogP contribution in [0.1, 0.15) is 6.42 Å². The zero-order valence-corrected chi connectivity index (χ0v) is 13.0. The summed E-state index contributed by atoms with van der Waals surface area (Å²) in [5, 5.41) is 15.5. The maximum Gasteiger partial charge on any atom is 0.246 e. The smallest absolute Gasteiger partial charge is 0.246 e. The first-order valence-electron chi connectivity index (χ1n) is 7.14. The van der Waals surface area contributed by atoms with Crippen LogP contribution in [0.15, 0.2) is 30.3 Å². The van der Waals surface area contributed by atoms with E-state index in [9.17, 15) is 4.79 Å². The van der Waals surface area contributed by atoms with Crippen molar-refractivity contribution in [2.24, 2.45) is 0 Å². The van der Waals surface area contributed by atoms with Gasteiger partial charge in [0, 0.05) is 25.2 Å². The van der Waals surface area contributed by atoms with E-state index < -0.39 is 0 Å². The molecule has 2 aromatic rings. The second kappa shape index (κ2) is 7.86. The monoisotopic (exact) mass is 322 g/mol. The number of aromatic nitrogens is 4. The minimum Gasteiger partial charge on any atom is -0.340 e. The molecule has 0 atom stereocenters. The molecule has 1 aliphatic rings. The Morgan fingerprint density at radius 2 is 2.00 bits per heavy atom. The Bertz CT molecular complexity index is 594. The van der Waals surface area contributed by atoms with Crippen LogP contribution in [0.5, 0.6) is 0 Å². The molecule has 0 aliphatic carbocycles. The Balaban J connectivity index is 0.00000176. The number of amides is 1. The number of benzene rings is 1. The Labute approximate surface area is 135 Å². The zero-order chi connectivity index (χ0) is 14.5. The standard InChI is InChI=1S/C14H18N6O.ClH/c21-13(19-9-4-7-15-8-10-19)11-20-17-14(16-18-20)12-5-2-1-3-6-12;/h1-3,5-6,15H,4,7-11H2;1H. The first kappa shape index (κ1) is 16.4. The first-order valence-corrected chi connectivity index (χ1v) is 7.14. The van der Waals surface area contributed by atoms with E-state index in [1.807, 2.05) is 35.2 Å². The number of rotatable bonds is 3. The average molecular weight is 323 g/mol. The molecule has 1 aromatic heterocycles. The summed E-state index contributed by atoms with van der Waals surface area (Å²) in [4.78, 5) is 15.5. The summed E-state index contributed by atoms with van der Waals surface area (Å²) < 4.78 is 0.